The van der Waals surface area contributed by atoms with Gasteiger partial charge in [0.05, 0.1) is 13.1 Å². The standard InChI is InChI=1S/C26H40N2O4/c1-7-8-9-12-20-15-22(31-24(29)17-27(3)4)26(21-13-10-11-19(2)14-21)23(16-20)32-25(30)18-28(5)6/h14-16,21H,7-13,17-18H2,1-6H3. The summed E-state index contributed by atoms with van der Waals surface area (Å²) < 4.78 is 11.8. The van der Waals surface area contributed by atoms with E-state index in [0.717, 1.165) is 56.1 Å². The van der Waals surface area contributed by atoms with E-state index in [9.17, 15) is 9.59 Å². The van der Waals surface area contributed by atoms with Crippen LogP contribution in [0.2, 0.25) is 0 Å². The first-order valence-corrected chi connectivity index (χ1v) is 11.7. The average Bonchev–Trinajstić information content (AvgIpc) is 2.66. The molecule has 0 saturated carbocycles. The SMILES string of the molecule is CCCCCc1cc(OC(=O)CN(C)C)c(C2C=C(C)CCC2)c(OC(=O)CN(C)C)c1. The van der Waals surface area contributed by atoms with Gasteiger partial charge in [-0.3, -0.25) is 19.4 Å². The normalized spacial score (nSPS) is 16.2. The monoisotopic (exact) mass is 444 g/mol. The zero-order valence-corrected chi connectivity index (χ0v) is 20.7. The number of hydrogen-bond acceptors (Lipinski definition) is 6. The molecule has 32 heavy (non-hydrogen) atoms. The number of hydrogen-bond donors (Lipinski definition) is 0. The Morgan fingerprint density at radius 3 is 2.00 bits per heavy atom. The number of benzene rings is 1. The van der Waals surface area contributed by atoms with Crippen LogP contribution in [0.4, 0.5) is 0 Å². The number of rotatable bonds is 11. The molecule has 0 aromatic heterocycles. The van der Waals surface area contributed by atoms with Gasteiger partial charge in [-0.25, -0.2) is 0 Å². The molecule has 1 atom stereocenters. The van der Waals surface area contributed by atoms with Gasteiger partial charge in [-0.2, -0.15) is 0 Å². The van der Waals surface area contributed by atoms with E-state index in [1.807, 2.05) is 40.3 Å². The minimum atomic E-state index is -0.316. The summed E-state index contributed by atoms with van der Waals surface area (Å²) in [6.07, 6.45) is 9.42. The van der Waals surface area contributed by atoms with Crippen LogP contribution in [0.3, 0.4) is 0 Å². The largest absolute Gasteiger partial charge is 0.425 e. The van der Waals surface area contributed by atoms with Gasteiger partial charge in [-0.15, -0.1) is 0 Å². The number of nitrogens with zero attached hydrogens (tertiary/aromatic N) is 2. The van der Waals surface area contributed by atoms with Crippen molar-refractivity contribution in [2.45, 2.75) is 64.7 Å². The summed E-state index contributed by atoms with van der Waals surface area (Å²) in [6.45, 7) is 4.67. The Balaban J connectivity index is 2.52. The minimum absolute atomic E-state index is 0.0535. The molecule has 6 heteroatoms. The Morgan fingerprint density at radius 2 is 1.53 bits per heavy atom. The van der Waals surface area contributed by atoms with Crippen LogP contribution in [0.1, 0.15) is 69.4 Å². The Kier molecular flexibility index (Phi) is 10.4. The van der Waals surface area contributed by atoms with Crippen molar-refractivity contribution >= 4 is 11.9 Å². The van der Waals surface area contributed by atoms with Crippen LogP contribution in [0.15, 0.2) is 23.8 Å². The number of allylic oxidation sites excluding steroid dienone is 2. The number of unbranched alkanes of at least 4 members (excludes halogenated alkanes) is 2. The van der Waals surface area contributed by atoms with Crippen LogP contribution in [0.5, 0.6) is 11.5 Å². The Labute approximate surface area is 193 Å². The molecule has 178 valence electrons. The van der Waals surface area contributed by atoms with Crippen molar-refractivity contribution in [2.24, 2.45) is 0 Å². The number of carbonyl (C=O) groups excluding carboxylic acids is 2. The third-order valence-electron chi connectivity index (χ3n) is 5.51. The molecule has 1 unspecified atom stereocenters. The van der Waals surface area contributed by atoms with Crippen molar-refractivity contribution in [3.8, 4) is 11.5 Å². The van der Waals surface area contributed by atoms with Gasteiger partial charge < -0.3 is 9.47 Å². The highest BCUT2D eigenvalue weighted by Gasteiger charge is 2.26. The summed E-state index contributed by atoms with van der Waals surface area (Å²) in [7, 11) is 7.35. The predicted molar refractivity (Wildman–Crippen MR) is 128 cm³/mol. The molecule has 1 aromatic rings. The molecule has 1 aromatic carbocycles. The highest BCUT2D eigenvalue weighted by atomic mass is 16.5. The van der Waals surface area contributed by atoms with Crippen LogP contribution in [-0.4, -0.2) is 63.0 Å². The van der Waals surface area contributed by atoms with Gasteiger partial charge in [0, 0.05) is 11.5 Å². The number of likely N-dealkylation sites (N-methyl/N-ethyl adjacent to an activating group) is 2. The highest BCUT2D eigenvalue weighted by molar-refractivity contribution is 5.77. The predicted octanol–water partition coefficient (Wildman–Crippen LogP) is 4.57. The first-order valence-electron chi connectivity index (χ1n) is 11.7. The van der Waals surface area contributed by atoms with Crippen LogP contribution < -0.4 is 9.47 Å². The lowest BCUT2D eigenvalue weighted by atomic mass is 9.84. The summed E-state index contributed by atoms with van der Waals surface area (Å²) in [6, 6.07) is 3.94. The van der Waals surface area contributed by atoms with Gasteiger partial charge in [0.15, 0.2) is 0 Å². The van der Waals surface area contributed by atoms with E-state index in [4.69, 9.17) is 9.47 Å². The van der Waals surface area contributed by atoms with Crippen LogP contribution in [0, 0.1) is 0 Å². The van der Waals surface area contributed by atoms with E-state index in [2.05, 4.69) is 19.9 Å². The quantitative estimate of drug-likeness (QED) is 0.216. The summed E-state index contributed by atoms with van der Waals surface area (Å²) in [5.74, 6) is 0.467. The Bertz CT molecular complexity index is 769. The molecule has 0 amide bonds. The summed E-state index contributed by atoms with van der Waals surface area (Å²) in [4.78, 5) is 28.7. The van der Waals surface area contributed by atoms with Crippen LogP contribution in [-0.2, 0) is 16.0 Å². The van der Waals surface area contributed by atoms with Gasteiger partial charge in [-0.1, -0.05) is 31.4 Å². The van der Waals surface area contributed by atoms with Gasteiger partial charge >= 0.3 is 11.9 Å². The summed E-state index contributed by atoms with van der Waals surface area (Å²) >= 11 is 0. The van der Waals surface area contributed by atoms with E-state index in [-0.39, 0.29) is 30.9 Å². The molecule has 0 heterocycles. The van der Waals surface area contributed by atoms with Crippen molar-refractivity contribution in [2.75, 3.05) is 41.3 Å². The van der Waals surface area contributed by atoms with Crippen molar-refractivity contribution in [1.82, 2.24) is 9.80 Å². The number of carbonyl (C=O) groups is 2. The lowest BCUT2D eigenvalue weighted by Crippen LogP contribution is -2.27. The fourth-order valence-electron chi connectivity index (χ4n) is 4.08. The lowest BCUT2D eigenvalue weighted by molar-refractivity contribution is -0.135. The third-order valence-corrected chi connectivity index (χ3v) is 5.51. The molecule has 6 nitrogen and oxygen atoms in total. The number of esters is 2. The van der Waals surface area contributed by atoms with E-state index < -0.39 is 0 Å². The van der Waals surface area contributed by atoms with Crippen molar-refractivity contribution < 1.29 is 19.1 Å². The second-order valence-electron chi connectivity index (χ2n) is 9.40. The molecule has 0 saturated heterocycles. The number of aryl methyl sites for hydroxylation is 1. The van der Waals surface area contributed by atoms with Gasteiger partial charge in [0.25, 0.3) is 0 Å². The van der Waals surface area contributed by atoms with E-state index in [1.54, 1.807) is 9.80 Å². The van der Waals surface area contributed by atoms with E-state index in [0.29, 0.717) is 11.5 Å². The first kappa shape index (κ1) is 26.1. The second kappa shape index (κ2) is 12.8. The van der Waals surface area contributed by atoms with E-state index in [1.165, 1.54) is 5.57 Å². The van der Waals surface area contributed by atoms with Crippen molar-refractivity contribution in [3.05, 3.63) is 34.9 Å². The molecule has 0 spiro atoms. The molecule has 1 aliphatic carbocycles. The van der Waals surface area contributed by atoms with E-state index >= 15 is 0 Å². The summed E-state index contributed by atoms with van der Waals surface area (Å²) in [5.41, 5.74) is 3.14. The Morgan fingerprint density at radius 1 is 0.969 bits per heavy atom. The molecule has 0 fully saturated rings. The fourth-order valence-corrected chi connectivity index (χ4v) is 4.08. The molecule has 1 aliphatic rings. The molecule has 0 aliphatic heterocycles. The fraction of sp³-hybridized carbons (Fsp3) is 0.615. The maximum absolute atomic E-state index is 12.6. The molecule has 2 rings (SSSR count). The number of ether oxygens (including phenoxy) is 2. The van der Waals surface area contributed by atoms with Gasteiger partial charge in [0.2, 0.25) is 0 Å². The topological polar surface area (TPSA) is 59.1 Å². The van der Waals surface area contributed by atoms with Gasteiger partial charge in [0.1, 0.15) is 11.5 Å². The summed E-state index contributed by atoms with van der Waals surface area (Å²) in [5, 5.41) is 0. The highest BCUT2D eigenvalue weighted by Crippen LogP contribution is 2.43. The van der Waals surface area contributed by atoms with Crippen molar-refractivity contribution in [1.29, 1.82) is 0 Å². The molecular weight excluding hydrogens is 404 g/mol. The molecule has 0 radical (unpaired) electrons. The zero-order valence-electron chi connectivity index (χ0n) is 20.7. The maximum atomic E-state index is 12.6. The lowest BCUT2D eigenvalue weighted by Gasteiger charge is -2.25. The Hall–Kier alpha value is -2.18. The van der Waals surface area contributed by atoms with Gasteiger partial charge in [-0.05, 0) is 84.9 Å². The minimum Gasteiger partial charge on any atom is -0.425 e. The van der Waals surface area contributed by atoms with Crippen LogP contribution >= 0.6 is 0 Å². The average molecular weight is 445 g/mol. The molecular formula is C26H40N2O4. The van der Waals surface area contributed by atoms with Crippen molar-refractivity contribution in [3.63, 3.8) is 0 Å². The molecule has 0 N–H and O–H groups in total. The van der Waals surface area contributed by atoms with Crippen LogP contribution in [0.25, 0.3) is 0 Å². The third kappa shape index (κ3) is 8.40. The maximum Gasteiger partial charge on any atom is 0.325 e. The first-order chi connectivity index (χ1) is 15.2. The zero-order chi connectivity index (χ0) is 23.7. The molecule has 0 bridgehead atoms. The second-order valence-corrected chi connectivity index (χ2v) is 9.40. The smallest absolute Gasteiger partial charge is 0.325 e.